The van der Waals surface area contributed by atoms with E-state index in [2.05, 4.69) is 86.8 Å². The Kier molecular flexibility index (Phi) is 62.5. The zero-order valence-corrected chi connectivity index (χ0v) is 57.7. The Morgan fingerprint density at radius 3 is 1.09 bits per heavy atom. The second kappa shape index (κ2) is 64.4. The lowest BCUT2D eigenvalue weighted by molar-refractivity contribution is -0.870. The summed E-state index contributed by atoms with van der Waals surface area (Å²) in [5, 5.41) is 3.08. The van der Waals surface area contributed by atoms with Crippen LogP contribution in [0.5, 0.6) is 0 Å². The van der Waals surface area contributed by atoms with Crippen molar-refractivity contribution in [2.24, 2.45) is 0 Å². The Bertz CT molecular complexity index is 1680. The predicted octanol–water partition coefficient (Wildman–Crippen LogP) is 23.1. The van der Waals surface area contributed by atoms with Crippen LogP contribution in [0.4, 0.5) is 0 Å². The number of phosphoric acid groups is 1. The van der Waals surface area contributed by atoms with Crippen molar-refractivity contribution in [2.75, 3.05) is 40.9 Å². The number of unbranched alkanes of at least 4 members (excludes halogenated alkanes) is 40. The topological polar surface area (TPSA) is 111 Å². The Morgan fingerprint density at radius 1 is 0.412 bits per heavy atom. The molecule has 1 amide bonds. The highest BCUT2D eigenvalue weighted by molar-refractivity contribution is 7.47. The van der Waals surface area contributed by atoms with E-state index in [0.29, 0.717) is 17.4 Å². The van der Waals surface area contributed by atoms with Crippen molar-refractivity contribution in [3.05, 3.63) is 72.9 Å². The van der Waals surface area contributed by atoms with Gasteiger partial charge in [-0.05, 0) is 102 Å². The number of phosphoric ester groups is 1. The maximum atomic E-state index is 13.6. The highest BCUT2D eigenvalue weighted by atomic mass is 31.2. The molecule has 0 aromatic heterocycles. The van der Waals surface area contributed by atoms with Gasteiger partial charge in [0.2, 0.25) is 5.91 Å². The number of allylic oxidation sites excluding steroid dienone is 11. The molecule has 0 aliphatic carbocycles. The van der Waals surface area contributed by atoms with Crippen LogP contribution in [0.3, 0.4) is 0 Å². The van der Waals surface area contributed by atoms with Gasteiger partial charge in [-0.2, -0.15) is 0 Å². The number of rotatable bonds is 66. The molecule has 0 heterocycles. The molecule has 0 bridgehead atoms. The molecular formula is C75H140N2O7P+. The lowest BCUT2D eigenvalue weighted by atomic mass is 10.0. The highest BCUT2D eigenvalue weighted by Gasteiger charge is 2.30. The molecule has 0 aromatic carbocycles. The summed E-state index contributed by atoms with van der Waals surface area (Å²) < 4.78 is 30.9. The SMILES string of the molecule is CCCCC/C=C\C/C=C\C/C=C\CCCCCCCCCCCCCCC(=O)NC(COP(=O)(O)OCC[N+](C)(C)C)C(/C=C\CCCCCCCCCCCCC)OC(=O)CCCCCCCCCCCCC/C=C\C/C=C\CCCCC. The molecular weight excluding hydrogens is 1070 g/mol. The molecule has 3 unspecified atom stereocenters. The fourth-order valence-electron chi connectivity index (χ4n) is 10.5. The van der Waals surface area contributed by atoms with Crippen molar-refractivity contribution in [1.82, 2.24) is 5.32 Å². The van der Waals surface area contributed by atoms with E-state index < -0.39 is 20.0 Å². The minimum absolute atomic E-state index is 0.0387. The molecule has 0 saturated carbocycles. The largest absolute Gasteiger partial charge is 0.472 e. The minimum Gasteiger partial charge on any atom is -0.456 e. The fourth-order valence-corrected chi connectivity index (χ4v) is 11.2. The molecule has 10 heteroatoms. The number of nitrogens with one attached hydrogen (secondary N) is 1. The number of ether oxygens (including phenoxy) is 1. The number of hydrogen-bond acceptors (Lipinski definition) is 6. The Labute approximate surface area is 527 Å². The summed E-state index contributed by atoms with van der Waals surface area (Å²) in [4.78, 5) is 37.9. The van der Waals surface area contributed by atoms with E-state index >= 15 is 0 Å². The average molecular weight is 1210 g/mol. The molecule has 0 radical (unpaired) electrons. The lowest BCUT2D eigenvalue weighted by Gasteiger charge is -2.27. The standard InChI is InChI=1S/C75H139N2O7P/c1-7-10-13-16-19-22-25-28-30-32-34-36-37-38-39-41-42-44-46-49-52-55-58-61-64-67-74(78)76-72(71-83-85(80,81)82-70-69-77(4,5)6)73(66-63-60-57-54-51-48-27-24-21-18-15-12-9-3)84-75(79)68-65-62-59-56-53-50-47-45-43-40-35-33-31-29-26-23-20-17-14-11-8-2/h19-20,22-23,28-31,34,36,63,66,72-73H,7-18,21,24-27,32-33,35,37-62,64-65,67-71H2,1-6H3,(H-,76,78,80,81)/p+1/b22-19-,23-20-,30-28-,31-29-,36-34-,66-63-. The molecule has 0 spiro atoms. The first-order chi connectivity index (χ1) is 41.4. The van der Waals surface area contributed by atoms with Gasteiger partial charge >= 0.3 is 13.8 Å². The van der Waals surface area contributed by atoms with Crippen molar-refractivity contribution in [2.45, 2.75) is 354 Å². The average Bonchev–Trinajstić information content (AvgIpc) is 3.64. The molecule has 0 fully saturated rings. The van der Waals surface area contributed by atoms with Crippen LogP contribution in [0.15, 0.2) is 72.9 Å². The summed E-state index contributed by atoms with van der Waals surface area (Å²) in [6, 6.07) is -0.853. The van der Waals surface area contributed by atoms with E-state index in [9.17, 15) is 19.0 Å². The minimum atomic E-state index is -4.46. The maximum Gasteiger partial charge on any atom is 0.472 e. The molecule has 0 aliphatic heterocycles. The van der Waals surface area contributed by atoms with Crippen molar-refractivity contribution < 1.29 is 37.3 Å². The third kappa shape index (κ3) is 65.7. The van der Waals surface area contributed by atoms with Gasteiger partial charge < -0.3 is 19.4 Å². The van der Waals surface area contributed by atoms with E-state index in [-0.39, 0.29) is 31.5 Å². The maximum absolute atomic E-state index is 13.6. The van der Waals surface area contributed by atoms with E-state index in [0.717, 1.165) is 77.0 Å². The molecule has 0 aliphatic rings. The number of likely N-dealkylation sites (N-methyl/N-ethyl adjacent to an activating group) is 1. The summed E-state index contributed by atoms with van der Waals surface area (Å²) in [6.07, 6.45) is 84.8. The van der Waals surface area contributed by atoms with E-state index in [4.69, 9.17) is 13.8 Å². The van der Waals surface area contributed by atoms with Gasteiger partial charge in [0.05, 0.1) is 33.8 Å². The Hall–Kier alpha value is -2.55. The van der Waals surface area contributed by atoms with Gasteiger partial charge in [-0.25, -0.2) is 4.57 Å². The van der Waals surface area contributed by atoms with Gasteiger partial charge in [-0.15, -0.1) is 0 Å². The summed E-state index contributed by atoms with van der Waals surface area (Å²) >= 11 is 0. The van der Waals surface area contributed by atoms with Crippen LogP contribution in [0.1, 0.15) is 342 Å². The third-order valence-electron chi connectivity index (χ3n) is 16.1. The first kappa shape index (κ1) is 82.5. The lowest BCUT2D eigenvalue weighted by Crippen LogP contribution is -2.47. The van der Waals surface area contributed by atoms with E-state index in [1.807, 2.05) is 33.3 Å². The van der Waals surface area contributed by atoms with Gasteiger partial charge in [0.1, 0.15) is 19.3 Å². The van der Waals surface area contributed by atoms with Gasteiger partial charge in [-0.1, -0.05) is 299 Å². The van der Waals surface area contributed by atoms with Crippen molar-refractivity contribution in [3.8, 4) is 0 Å². The Balaban J connectivity index is 5.08. The fraction of sp³-hybridized carbons (Fsp3) is 0.813. The molecule has 85 heavy (non-hydrogen) atoms. The Morgan fingerprint density at radius 2 is 0.718 bits per heavy atom. The summed E-state index contributed by atoms with van der Waals surface area (Å²) in [5.41, 5.74) is 0. The first-order valence-corrected chi connectivity index (χ1v) is 37.8. The summed E-state index contributed by atoms with van der Waals surface area (Å²) in [7, 11) is 1.50. The number of carbonyl (C=O) groups excluding carboxylic acids is 2. The van der Waals surface area contributed by atoms with Gasteiger partial charge in [0.15, 0.2) is 0 Å². The molecule has 0 saturated heterocycles. The van der Waals surface area contributed by atoms with Crippen LogP contribution in [-0.4, -0.2) is 74.3 Å². The molecule has 496 valence electrons. The second-order valence-corrected chi connectivity index (χ2v) is 27.2. The van der Waals surface area contributed by atoms with Crippen LogP contribution in [0.2, 0.25) is 0 Å². The molecule has 3 atom stereocenters. The number of esters is 1. The highest BCUT2D eigenvalue weighted by Crippen LogP contribution is 2.43. The van der Waals surface area contributed by atoms with Gasteiger partial charge in [0.25, 0.3) is 0 Å². The second-order valence-electron chi connectivity index (χ2n) is 25.8. The normalized spacial score (nSPS) is 13.9. The van der Waals surface area contributed by atoms with Crippen molar-refractivity contribution in [3.63, 3.8) is 0 Å². The summed E-state index contributed by atoms with van der Waals surface area (Å²) in [6.45, 7) is 7.00. The van der Waals surface area contributed by atoms with Crippen LogP contribution in [0, 0.1) is 0 Å². The van der Waals surface area contributed by atoms with E-state index in [1.165, 1.54) is 231 Å². The number of hydrogen-bond donors (Lipinski definition) is 2. The van der Waals surface area contributed by atoms with Crippen LogP contribution in [0.25, 0.3) is 0 Å². The smallest absolute Gasteiger partial charge is 0.456 e. The number of quaternary nitrogens is 1. The molecule has 0 rings (SSSR count). The van der Waals surface area contributed by atoms with Crippen LogP contribution < -0.4 is 5.32 Å². The molecule has 2 N–H and O–H groups in total. The van der Waals surface area contributed by atoms with E-state index in [1.54, 1.807) is 0 Å². The number of carbonyl (C=O) groups is 2. The predicted molar refractivity (Wildman–Crippen MR) is 369 cm³/mol. The van der Waals surface area contributed by atoms with Gasteiger partial charge in [0, 0.05) is 12.8 Å². The molecule has 0 aromatic rings. The zero-order valence-electron chi connectivity index (χ0n) is 56.9. The van der Waals surface area contributed by atoms with Crippen molar-refractivity contribution >= 4 is 19.7 Å². The number of nitrogens with zero attached hydrogens (tertiary/aromatic N) is 1. The monoisotopic (exact) mass is 1210 g/mol. The van der Waals surface area contributed by atoms with Crippen LogP contribution in [-0.2, 0) is 27.9 Å². The first-order valence-electron chi connectivity index (χ1n) is 36.3. The summed E-state index contributed by atoms with van der Waals surface area (Å²) in [5.74, 6) is -0.498. The third-order valence-corrected chi connectivity index (χ3v) is 17.1. The van der Waals surface area contributed by atoms with Crippen LogP contribution >= 0.6 is 7.82 Å². The number of amides is 1. The zero-order chi connectivity index (χ0) is 62.1. The quantitative estimate of drug-likeness (QED) is 0.0205. The van der Waals surface area contributed by atoms with Crippen molar-refractivity contribution in [1.29, 1.82) is 0 Å². The molecule has 9 nitrogen and oxygen atoms in total. The van der Waals surface area contributed by atoms with Gasteiger partial charge in [-0.3, -0.25) is 18.6 Å².